The second kappa shape index (κ2) is 7.59. The number of halogens is 2. The normalized spacial score (nSPS) is 12.0. The number of hydroxylamine groups is 1. The van der Waals surface area contributed by atoms with Crippen LogP contribution in [0, 0.1) is 0 Å². The lowest BCUT2D eigenvalue weighted by Gasteiger charge is -2.08. The second-order valence-corrected chi connectivity index (χ2v) is 5.12. The Labute approximate surface area is 117 Å². The van der Waals surface area contributed by atoms with E-state index >= 15 is 0 Å². The fourth-order valence-electron chi connectivity index (χ4n) is 1.49. The molecule has 0 aliphatic carbocycles. The van der Waals surface area contributed by atoms with Crippen molar-refractivity contribution in [1.29, 1.82) is 0 Å². The highest BCUT2D eigenvalue weighted by Crippen LogP contribution is 2.21. The monoisotopic (exact) mass is 290 g/mol. The second-order valence-electron chi connectivity index (χ2n) is 4.28. The van der Waals surface area contributed by atoms with Crippen LogP contribution in [0.25, 0.3) is 0 Å². The van der Waals surface area contributed by atoms with Crippen LogP contribution < -0.4 is 10.4 Å². The Morgan fingerprint density at radius 1 is 1.39 bits per heavy atom. The fourth-order valence-corrected chi connectivity index (χ4v) is 1.98. The predicted octanol–water partition coefficient (Wildman–Crippen LogP) is 1.25. The number of benzene rings is 1. The minimum absolute atomic E-state index is 0.366. The number of hydrogen-bond acceptors (Lipinski definition) is 2. The van der Waals surface area contributed by atoms with Gasteiger partial charge in [-0.15, -0.1) is 0 Å². The summed E-state index contributed by atoms with van der Waals surface area (Å²) in [5.41, 5.74) is 2.72. The van der Waals surface area contributed by atoms with Crippen molar-refractivity contribution in [2.24, 2.45) is 4.99 Å². The van der Waals surface area contributed by atoms with E-state index in [0.717, 1.165) is 13.0 Å². The van der Waals surface area contributed by atoms with Gasteiger partial charge in [0.1, 0.15) is 0 Å². The predicted molar refractivity (Wildman–Crippen MR) is 75.1 cm³/mol. The van der Waals surface area contributed by atoms with Crippen molar-refractivity contribution in [3.05, 3.63) is 33.8 Å². The van der Waals surface area contributed by atoms with Crippen molar-refractivity contribution in [3.8, 4) is 0 Å². The maximum absolute atomic E-state index is 9.10. The van der Waals surface area contributed by atoms with Crippen LogP contribution >= 0.6 is 23.2 Å². The molecule has 0 aromatic heterocycles. The van der Waals surface area contributed by atoms with E-state index < -0.39 is 0 Å². The summed E-state index contributed by atoms with van der Waals surface area (Å²) in [5, 5.41) is 10.1. The van der Waals surface area contributed by atoms with Crippen LogP contribution in [0.4, 0.5) is 0 Å². The molecule has 0 saturated carbocycles. The molecule has 100 valence electrons. The first-order valence-electron chi connectivity index (χ1n) is 5.73. The minimum Gasteiger partial charge on any atom is -0.340 e. The molecule has 4 nitrogen and oxygen atoms in total. The summed E-state index contributed by atoms with van der Waals surface area (Å²) in [6.07, 6.45) is 0.943. The molecular weight excluding hydrogens is 273 g/mol. The molecule has 0 saturated heterocycles. The first-order valence-corrected chi connectivity index (χ1v) is 6.49. The van der Waals surface area contributed by atoms with Crippen LogP contribution in [0.3, 0.4) is 0 Å². The van der Waals surface area contributed by atoms with E-state index in [1.54, 1.807) is 18.2 Å². The lowest BCUT2D eigenvalue weighted by Crippen LogP contribution is -3.05. The number of rotatable bonds is 5. The summed E-state index contributed by atoms with van der Waals surface area (Å²) < 4.78 is 0. The van der Waals surface area contributed by atoms with Crippen molar-refractivity contribution in [1.82, 2.24) is 5.48 Å². The van der Waals surface area contributed by atoms with E-state index in [-0.39, 0.29) is 0 Å². The average molecular weight is 291 g/mol. The van der Waals surface area contributed by atoms with Gasteiger partial charge in [-0.05, 0) is 18.2 Å². The van der Waals surface area contributed by atoms with Gasteiger partial charge in [-0.2, -0.15) is 0 Å². The first kappa shape index (κ1) is 15.2. The molecule has 0 fully saturated rings. The van der Waals surface area contributed by atoms with Crippen LogP contribution in [0.5, 0.6) is 0 Å². The van der Waals surface area contributed by atoms with Gasteiger partial charge in [-0.25, -0.2) is 0 Å². The van der Waals surface area contributed by atoms with Crippen LogP contribution in [0.2, 0.25) is 10.0 Å². The third kappa shape index (κ3) is 4.82. The van der Waals surface area contributed by atoms with Gasteiger partial charge in [0.15, 0.2) is 5.84 Å². The highest BCUT2D eigenvalue weighted by Gasteiger charge is 2.07. The summed E-state index contributed by atoms with van der Waals surface area (Å²) in [7, 11) is 4.18. The Morgan fingerprint density at radius 3 is 2.67 bits per heavy atom. The summed E-state index contributed by atoms with van der Waals surface area (Å²) >= 11 is 11.9. The summed E-state index contributed by atoms with van der Waals surface area (Å²) in [6.45, 7) is 1.66. The molecule has 0 aliphatic heterocycles. The third-order valence-electron chi connectivity index (χ3n) is 2.40. The minimum atomic E-state index is 0.366. The molecule has 0 heterocycles. The zero-order valence-corrected chi connectivity index (χ0v) is 12.0. The number of quaternary nitrogens is 1. The Kier molecular flexibility index (Phi) is 6.43. The molecule has 1 aromatic rings. The van der Waals surface area contributed by atoms with Gasteiger partial charge in [-0.3, -0.25) is 15.7 Å². The van der Waals surface area contributed by atoms with Gasteiger partial charge in [0.2, 0.25) is 0 Å². The Bertz CT molecular complexity index is 422. The van der Waals surface area contributed by atoms with Gasteiger partial charge in [0.05, 0.1) is 25.7 Å². The maximum Gasteiger partial charge on any atom is 0.153 e. The van der Waals surface area contributed by atoms with E-state index in [2.05, 4.69) is 24.6 Å². The van der Waals surface area contributed by atoms with Crippen molar-refractivity contribution >= 4 is 29.0 Å². The molecule has 0 aliphatic rings. The first-order chi connectivity index (χ1) is 8.54. The molecule has 0 amide bonds. The van der Waals surface area contributed by atoms with Crippen molar-refractivity contribution in [3.63, 3.8) is 0 Å². The Hall–Kier alpha value is -0.810. The summed E-state index contributed by atoms with van der Waals surface area (Å²) in [6, 6.07) is 5.05. The van der Waals surface area contributed by atoms with Crippen LogP contribution in [0.1, 0.15) is 12.0 Å². The maximum atomic E-state index is 9.10. The molecule has 0 radical (unpaired) electrons. The SMILES string of the molecule is C[NH+](C)CCCN=C(NO)c1ccc(Cl)cc1Cl. The summed E-state index contributed by atoms with van der Waals surface area (Å²) in [4.78, 5) is 5.66. The zero-order chi connectivity index (χ0) is 13.5. The molecule has 6 heteroatoms. The molecule has 0 bridgehead atoms. The highest BCUT2D eigenvalue weighted by atomic mass is 35.5. The standard InChI is InChI=1S/C12H17Cl2N3O/c1-17(2)7-3-6-15-12(16-18)10-5-4-9(13)8-11(10)14/h4-5,8,18H,3,6-7H2,1-2H3,(H,15,16)/p+1. The van der Waals surface area contributed by atoms with E-state index in [1.807, 2.05) is 0 Å². The van der Waals surface area contributed by atoms with Crippen molar-refractivity contribution in [2.75, 3.05) is 27.2 Å². The van der Waals surface area contributed by atoms with Gasteiger partial charge in [-0.1, -0.05) is 23.2 Å². The highest BCUT2D eigenvalue weighted by molar-refractivity contribution is 6.36. The van der Waals surface area contributed by atoms with E-state index in [1.165, 1.54) is 4.90 Å². The lowest BCUT2D eigenvalue weighted by atomic mass is 10.2. The van der Waals surface area contributed by atoms with E-state index in [0.29, 0.717) is 28.0 Å². The smallest absolute Gasteiger partial charge is 0.153 e. The summed E-state index contributed by atoms with van der Waals surface area (Å²) in [5.74, 6) is 0.366. The number of hydrogen-bond donors (Lipinski definition) is 3. The van der Waals surface area contributed by atoms with Crippen LogP contribution in [0.15, 0.2) is 23.2 Å². The van der Waals surface area contributed by atoms with E-state index in [4.69, 9.17) is 28.4 Å². The number of amidine groups is 1. The third-order valence-corrected chi connectivity index (χ3v) is 2.94. The molecule has 0 atom stereocenters. The molecular formula is C12H18Cl2N3O+. The molecule has 18 heavy (non-hydrogen) atoms. The van der Waals surface area contributed by atoms with Gasteiger partial charge < -0.3 is 4.90 Å². The molecule has 0 unspecified atom stereocenters. The van der Waals surface area contributed by atoms with Gasteiger partial charge in [0.25, 0.3) is 0 Å². The topological polar surface area (TPSA) is 49.1 Å². The van der Waals surface area contributed by atoms with Crippen LogP contribution in [-0.2, 0) is 0 Å². The number of nitrogens with zero attached hydrogens (tertiary/aromatic N) is 1. The van der Waals surface area contributed by atoms with Gasteiger partial charge in [0, 0.05) is 23.6 Å². The van der Waals surface area contributed by atoms with Gasteiger partial charge >= 0.3 is 0 Å². The zero-order valence-electron chi connectivity index (χ0n) is 10.5. The Morgan fingerprint density at radius 2 is 2.11 bits per heavy atom. The molecule has 3 N–H and O–H groups in total. The van der Waals surface area contributed by atoms with Crippen molar-refractivity contribution in [2.45, 2.75) is 6.42 Å². The van der Waals surface area contributed by atoms with E-state index in [9.17, 15) is 0 Å². The van der Waals surface area contributed by atoms with Crippen LogP contribution in [-0.4, -0.2) is 38.2 Å². The quantitative estimate of drug-likeness (QED) is 0.331. The molecule has 1 aromatic carbocycles. The largest absolute Gasteiger partial charge is 0.340 e. The molecule has 0 spiro atoms. The Balaban J connectivity index is 2.73. The molecule has 1 rings (SSSR count). The number of nitrogens with one attached hydrogen (secondary N) is 2. The number of aliphatic imine (C=N–C) groups is 1. The fraction of sp³-hybridized carbons (Fsp3) is 0.417. The lowest BCUT2D eigenvalue weighted by molar-refractivity contribution is -0.858. The average Bonchev–Trinajstić information content (AvgIpc) is 2.30. The van der Waals surface area contributed by atoms with Crippen molar-refractivity contribution < 1.29 is 10.1 Å².